The Hall–Kier alpha value is -4.96. The Balaban J connectivity index is 2.13. The minimum atomic E-state index is -5.43. The highest BCUT2D eigenvalue weighted by Gasteiger charge is 2.41. The lowest BCUT2D eigenvalue weighted by Gasteiger charge is -2.24. The molecule has 0 amide bonds. The number of ether oxygens (including phenoxy) is 1. The van der Waals surface area contributed by atoms with Crippen LogP contribution in [-0.4, -0.2) is 0 Å². The van der Waals surface area contributed by atoms with E-state index in [0.29, 0.717) is 36.4 Å². The number of anilines is 4. The van der Waals surface area contributed by atoms with Gasteiger partial charge in [-0.3, -0.25) is 0 Å². The van der Waals surface area contributed by atoms with Gasteiger partial charge in [-0.1, -0.05) is 0 Å². The van der Waals surface area contributed by atoms with Gasteiger partial charge in [0.05, 0.1) is 11.1 Å². The van der Waals surface area contributed by atoms with Crippen molar-refractivity contribution in [3.63, 3.8) is 0 Å². The molecule has 0 atom stereocenters. The van der Waals surface area contributed by atoms with Crippen LogP contribution in [-0.2, 0) is 24.7 Å². The number of halogens is 12. The Labute approximate surface area is 245 Å². The maximum Gasteiger partial charge on any atom is 0.420 e. The second kappa shape index (κ2) is 10.9. The van der Waals surface area contributed by atoms with E-state index in [9.17, 15) is 52.7 Å². The highest BCUT2D eigenvalue weighted by atomic mass is 19.4. The summed E-state index contributed by atoms with van der Waals surface area (Å²) in [4.78, 5) is 0. The molecule has 17 heteroatoms. The van der Waals surface area contributed by atoms with E-state index >= 15 is 0 Å². The number of hydrogen-bond donors (Lipinski definition) is 4. The van der Waals surface area contributed by atoms with E-state index in [2.05, 4.69) is 0 Å². The molecule has 0 saturated carbocycles. The minimum absolute atomic E-state index is 0.252. The number of nitrogens with two attached hydrogens (primary N) is 4. The smallest absolute Gasteiger partial charge is 0.420 e. The zero-order chi connectivity index (χ0) is 33.9. The number of alkyl halides is 12. The Morgan fingerprint density at radius 1 is 0.378 bits per heavy atom. The average Bonchev–Trinajstić information content (AvgIpc) is 2.87. The van der Waals surface area contributed by atoms with E-state index in [1.807, 2.05) is 0 Å². The molecule has 0 aliphatic carbocycles. The van der Waals surface area contributed by atoms with Crippen LogP contribution in [0.1, 0.15) is 22.3 Å². The second-order valence-corrected chi connectivity index (χ2v) is 9.67. The second-order valence-electron chi connectivity index (χ2n) is 9.67. The van der Waals surface area contributed by atoms with Crippen LogP contribution in [0, 0.1) is 0 Å². The van der Waals surface area contributed by atoms with Crippen LogP contribution in [0.15, 0.2) is 60.7 Å². The standard InChI is InChI=1S/C28H18F12N4O/c29-25(30,31)13-1-11(3-15(41)5-13)19-7-17(43)9-21(27(35,36)37)23(19)45-24-20(8-18(44)10-22(24)28(38,39)40)12-2-14(26(32,33)34)6-16(42)4-12/h1-10H,41-44H2. The van der Waals surface area contributed by atoms with Crippen molar-refractivity contribution in [3.05, 3.63) is 82.9 Å². The molecular formula is C28H18F12N4O. The van der Waals surface area contributed by atoms with Crippen LogP contribution >= 0.6 is 0 Å². The van der Waals surface area contributed by atoms with E-state index < -0.39 is 103 Å². The molecule has 0 fully saturated rings. The SMILES string of the molecule is Nc1cc(-c2cc(N)cc(C(F)(F)F)c2Oc2c(-c3cc(N)cc(C(F)(F)F)c3)cc(N)cc2C(F)(F)F)cc(C(F)(F)F)c1. The molecule has 0 aliphatic rings. The molecule has 0 heterocycles. The maximum absolute atomic E-state index is 14.3. The Morgan fingerprint density at radius 3 is 0.978 bits per heavy atom. The lowest BCUT2D eigenvalue weighted by Crippen LogP contribution is -2.13. The molecule has 4 rings (SSSR count). The van der Waals surface area contributed by atoms with Gasteiger partial charge < -0.3 is 27.7 Å². The zero-order valence-corrected chi connectivity index (χ0v) is 22.0. The molecule has 4 aromatic rings. The van der Waals surface area contributed by atoms with Crippen molar-refractivity contribution in [2.24, 2.45) is 0 Å². The van der Waals surface area contributed by atoms with Gasteiger partial charge in [0.25, 0.3) is 0 Å². The van der Waals surface area contributed by atoms with Crippen LogP contribution in [0.5, 0.6) is 11.5 Å². The molecule has 45 heavy (non-hydrogen) atoms. The van der Waals surface area contributed by atoms with Crippen molar-refractivity contribution in [1.82, 2.24) is 0 Å². The van der Waals surface area contributed by atoms with Gasteiger partial charge in [0.15, 0.2) is 0 Å². The fourth-order valence-corrected chi connectivity index (χ4v) is 4.42. The van der Waals surface area contributed by atoms with Crippen molar-refractivity contribution in [2.45, 2.75) is 24.7 Å². The largest absolute Gasteiger partial charge is 0.455 e. The summed E-state index contributed by atoms with van der Waals surface area (Å²) in [6, 6.07) is 5.12. The van der Waals surface area contributed by atoms with Gasteiger partial charge in [-0.25, -0.2) is 0 Å². The van der Waals surface area contributed by atoms with Gasteiger partial charge in [0, 0.05) is 33.9 Å². The first-order valence-electron chi connectivity index (χ1n) is 12.1. The van der Waals surface area contributed by atoms with E-state index in [4.69, 9.17) is 27.7 Å². The topological polar surface area (TPSA) is 113 Å². The quantitative estimate of drug-likeness (QED) is 0.129. The first kappa shape index (κ1) is 32.9. The fraction of sp³-hybridized carbons (Fsp3) is 0.143. The van der Waals surface area contributed by atoms with E-state index in [1.54, 1.807) is 0 Å². The maximum atomic E-state index is 14.3. The van der Waals surface area contributed by atoms with Crippen LogP contribution < -0.4 is 27.7 Å². The van der Waals surface area contributed by atoms with Crippen molar-refractivity contribution in [3.8, 4) is 33.8 Å². The summed E-state index contributed by atoms with van der Waals surface area (Å²) in [5, 5.41) is 0. The van der Waals surface area contributed by atoms with Crippen molar-refractivity contribution >= 4 is 22.7 Å². The Bertz CT molecular complexity index is 1650. The molecule has 5 nitrogen and oxygen atoms in total. The van der Waals surface area contributed by atoms with E-state index in [1.165, 1.54) is 0 Å². The highest BCUT2D eigenvalue weighted by Crippen LogP contribution is 2.51. The van der Waals surface area contributed by atoms with Gasteiger partial charge in [0.1, 0.15) is 22.6 Å². The third kappa shape index (κ3) is 7.07. The molecule has 8 N–H and O–H groups in total. The molecular weight excluding hydrogens is 636 g/mol. The first-order chi connectivity index (χ1) is 20.4. The Kier molecular flexibility index (Phi) is 7.97. The van der Waals surface area contributed by atoms with E-state index in [-0.39, 0.29) is 12.1 Å². The summed E-state index contributed by atoms with van der Waals surface area (Å²) in [6.45, 7) is 0. The normalized spacial score (nSPS) is 12.8. The third-order valence-electron chi connectivity index (χ3n) is 6.22. The molecule has 0 aliphatic heterocycles. The third-order valence-corrected chi connectivity index (χ3v) is 6.22. The molecule has 240 valence electrons. The molecule has 0 unspecified atom stereocenters. The highest BCUT2D eigenvalue weighted by molar-refractivity contribution is 5.83. The predicted molar refractivity (Wildman–Crippen MR) is 141 cm³/mol. The van der Waals surface area contributed by atoms with Crippen LogP contribution in [0.2, 0.25) is 0 Å². The molecule has 0 saturated heterocycles. The summed E-state index contributed by atoms with van der Waals surface area (Å²) < 4.78 is 172. The lowest BCUT2D eigenvalue weighted by molar-refractivity contribution is -0.140. The number of nitrogen functional groups attached to an aromatic ring is 4. The van der Waals surface area contributed by atoms with Gasteiger partial charge in [-0.05, 0) is 71.8 Å². The Morgan fingerprint density at radius 2 is 0.689 bits per heavy atom. The average molecular weight is 654 g/mol. The summed E-state index contributed by atoms with van der Waals surface area (Å²) in [6.07, 6.45) is -21.0. The predicted octanol–water partition coefficient (Wildman–Crippen LogP) is 9.22. The number of rotatable bonds is 4. The van der Waals surface area contributed by atoms with Crippen LogP contribution in [0.4, 0.5) is 75.4 Å². The molecule has 0 spiro atoms. The van der Waals surface area contributed by atoms with Gasteiger partial charge in [-0.15, -0.1) is 0 Å². The summed E-state index contributed by atoms with van der Waals surface area (Å²) >= 11 is 0. The zero-order valence-electron chi connectivity index (χ0n) is 22.0. The lowest BCUT2D eigenvalue weighted by atomic mass is 9.96. The summed E-state index contributed by atoms with van der Waals surface area (Å²) in [5.74, 6) is -2.93. The molecule has 0 radical (unpaired) electrons. The van der Waals surface area contributed by atoms with Crippen molar-refractivity contribution < 1.29 is 57.4 Å². The summed E-state index contributed by atoms with van der Waals surface area (Å²) in [5.41, 5.74) is 10.1. The van der Waals surface area contributed by atoms with Crippen LogP contribution in [0.3, 0.4) is 0 Å². The minimum Gasteiger partial charge on any atom is -0.455 e. The van der Waals surface area contributed by atoms with Gasteiger partial charge in [-0.2, -0.15) is 52.7 Å². The van der Waals surface area contributed by atoms with E-state index in [0.717, 1.165) is 12.1 Å². The molecule has 0 aromatic heterocycles. The summed E-state index contributed by atoms with van der Waals surface area (Å²) in [7, 11) is 0. The van der Waals surface area contributed by atoms with Crippen LogP contribution in [0.25, 0.3) is 22.3 Å². The van der Waals surface area contributed by atoms with Crippen molar-refractivity contribution in [2.75, 3.05) is 22.9 Å². The molecule has 0 bridgehead atoms. The fourth-order valence-electron chi connectivity index (χ4n) is 4.42. The monoisotopic (exact) mass is 654 g/mol. The number of benzene rings is 4. The van der Waals surface area contributed by atoms with Crippen molar-refractivity contribution in [1.29, 1.82) is 0 Å². The van der Waals surface area contributed by atoms with Gasteiger partial charge >= 0.3 is 24.7 Å². The van der Waals surface area contributed by atoms with Gasteiger partial charge in [0.2, 0.25) is 0 Å². The number of hydrogen-bond acceptors (Lipinski definition) is 5. The first-order valence-corrected chi connectivity index (χ1v) is 12.1. The molecule has 4 aromatic carbocycles.